The third-order valence-electron chi connectivity index (χ3n) is 3.82. The molecule has 0 aliphatic carbocycles. The highest BCUT2D eigenvalue weighted by atomic mass is 16.6. The summed E-state index contributed by atoms with van der Waals surface area (Å²) in [6.45, 7) is 5.39. The van der Waals surface area contributed by atoms with E-state index in [4.69, 9.17) is 9.47 Å². The van der Waals surface area contributed by atoms with Crippen LogP contribution < -0.4 is 0 Å². The molecule has 2 aromatic carbocycles. The molecule has 1 fully saturated rings. The van der Waals surface area contributed by atoms with Gasteiger partial charge in [0.05, 0.1) is 0 Å². The SMILES string of the molecule is CC(C)(C)OC(=O)[C@H]1OC(=O)[C@@H]1Cc1ccc2ccccc2c1. The summed E-state index contributed by atoms with van der Waals surface area (Å²) in [6.07, 6.45) is -0.318. The Morgan fingerprint density at radius 1 is 1.13 bits per heavy atom. The van der Waals surface area contributed by atoms with Crippen molar-refractivity contribution in [2.75, 3.05) is 0 Å². The molecule has 4 heteroatoms. The Hall–Kier alpha value is -2.36. The predicted octanol–water partition coefficient (Wildman–Crippen LogP) is 3.27. The van der Waals surface area contributed by atoms with Crippen LogP contribution >= 0.6 is 0 Å². The van der Waals surface area contributed by atoms with E-state index < -0.39 is 23.6 Å². The summed E-state index contributed by atoms with van der Waals surface area (Å²) in [7, 11) is 0. The normalized spacial score (nSPS) is 20.7. The molecule has 1 saturated heterocycles. The van der Waals surface area contributed by atoms with Gasteiger partial charge in [-0.25, -0.2) is 4.79 Å². The monoisotopic (exact) mass is 312 g/mol. The van der Waals surface area contributed by atoms with Gasteiger partial charge in [0, 0.05) is 0 Å². The van der Waals surface area contributed by atoms with E-state index in [1.807, 2.05) is 42.5 Å². The second kappa shape index (κ2) is 5.69. The maximum atomic E-state index is 12.1. The first-order valence-corrected chi connectivity index (χ1v) is 7.74. The molecule has 1 aliphatic heterocycles. The number of esters is 2. The Morgan fingerprint density at radius 2 is 1.83 bits per heavy atom. The van der Waals surface area contributed by atoms with Crippen molar-refractivity contribution in [2.24, 2.45) is 5.92 Å². The summed E-state index contributed by atoms with van der Waals surface area (Å²) in [5.74, 6) is -1.28. The highest BCUT2D eigenvalue weighted by Gasteiger charge is 2.48. The number of carbonyl (C=O) groups excluding carboxylic acids is 2. The van der Waals surface area contributed by atoms with E-state index in [1.54, 1.807) is 20.8 Å². The van der Waals surface area contributed by atoms with Crippen molar-refractivity contribution >= 4 is 22.7 Å². The quantitative estimate of drug-likeness (QED) is 0.816. The molecule has 2 atom stereocenters. The minimum Gasteiger partial charge on any atom is -0.457 e. The molecule has 4 nitrogen and oxygen atoms in total. The predicted molar refractivity (Wildman–Crippen MR) is 86.9 cm³/mol. The molecule has 1 heterocycles. The lowest BCUT2D eigenvalue weighted by Crippen LogP contribution is -2.52. The maximum absolute atomic E-state index is 12.1. The van der Waals surface area contributed by atoms with Gasteiger partial charge in [0.15, 0.2) is 0 Å². The minimum absolute atomic E-state index is 0.339. The van der Waals surface area contributed by atoms with E-state index >= 15 is 0 Å². The molecular formula is C19H20O4. The van der Waals surface area contributed by atoms with Crippen LogP contribution in [0.3, 0.4) is 0 Å². The number of fused-ring (bicyclic) bond motifs is 1. The fourth-order valence-corrected chi connectivity index (χ4v) is 2.73. The van der Waals surface area contributed by atoms with Crippen molar-refractivity contribution in [3.05, 3.63) is 48.0 Å². The summed E-state index contributed by atoms with van der Waals surface area (Å²) in [4.78, 5) is 23.8. The highest BCUT2D eigenvalue weighted by Crippen LogP contribution is 2.29. The van der Waals surface area contributed by atoms with Gasteiger partial charge in [-0.05, 0) is 43.5 Å². The number of ether oxygens (including phenoxy) is 2. The molecule has 0 saturated carbocycles. The van der Waals surface area contributed by atoms with Crippen LogP contribution in [0.15, 0.2) is 42.5 Å². The summed E-state index contributed by atoms with van der Waals surface area (Å²) >= 11 is 0. The van der Waals surface area contributed by atoms with E-state index in [1.165, 1.54) is 0 Å². The molecule has 2 aromatic rings. The van der Waals surface area contributed by atoms with Crippen LogP contribution in [0.4, 0.5) is 0 Å². The van der Waals surface area contributed by atoms with Gasteiger partial charge in [-0.3, -0.25) is 4.79 Å². The number of carbonyl (C=O) groups is 2. The fourth-order valence-electron chi connectivity index (χ4n) is 2.73. The molecule has 0 unspecified atom stereocenters. The maximum Gasteiger partial charge on any atom is 0.348 e. The molecule has 0 N–H and O–H groups in total. The van der Waals surface area contributed by atoms with Crippen molar-refractivity contribution in [1.82, 2.24) is 0 Å². The Morgan fingerprint density at radius 3 is 2.48 bits per heavy atom. The van der Waals surface area contributed by atoms with Crippen molar-refractivity contribution in [3.63, 3.8) is 0 Å². The Kier molecular flexibility index (Phi) is 3.84. The molecular weight excluding hydrogens is 292 g/mol. The molecule has 120 valence electrons. The molecule has 0 aromatic heterocycles. The van der Waals surface area contributed by atoms with Gasteiger partial charge in [0.1, 0.15) is 11.5 Å². The van der Waals surface area contributed by atoms with Gasteiger partial charge >= 0.3 is 11.9 Å². The fraction of sp³-hybridized carbons (Fsp3) is 0.368. The van der Waals surface area contributed by atoms with Crippen LogP contribution in [0.2, 0.25) is 0 Å². The van der Waals surface area contributed by atoms with Crippen LogP contribution in [0.5, 0.6) is 0 Å². The van der Waals surface area contributed by atoms with E-state index in [0.29, 0.717) is 6.42 Å². The second-order valence-electron chi connectivity index (χ2n) is 6.88. The lowest BCUT2D eigenvalue weighted by Gasteiger charge is -2.35. The number of hydrogen-bond acceptors (Lipinski definition) is 4. The first-order chi connectivity index (χ1) is 10.8. The van der Waals surface area contributed by atoms with Crippen molar-refractivity contribution in [2.45, 2.75) is 38.9 Å². The van der Waals surface area contributed by atoms with E-state index in [2.05, 4.69) is 0 Å². The standard InChI is InChI=1S/C19H20O4/c1-19(2,3)23-18(21)16-15(17(20)22-16)11-12-8-9-13-6-4-5-7-14(13)10-12/h4-10,15-16H,11H2,1-3H3/t15-,16+/m1/s1. The topological polar surface area (TPSA) is 52.6 Å². The van der Waals surface area contributed by atoms with Gasteiger partial charge in [-0.1, -0.05) is 42.5 Å². The number of benzene rings is 2. The Labute approximate surface area is 135 Å². The lowest BCUT2D eigenvalue weighted by atomic mass is 9.89. The van der Waals surface area contributed by atoms with E-state index in [9.17, 15) is 9.59 Å². The van der Waals surface area contributed by atoms with Gasteiger partial charge in [-0.2, -0.15) is 0 Å². The van der Waals surface area contributed by atoms with E-state index in [-0.39, 0.29) is 5.97 Å². The van der Waals surface area contributed by atoms with Gasteiger partial charge in [0.2, 0.25) is 6.10 Å². The summed E-state index contributed by atoms with van der Waals surface area (Å²) < 4.78 is 10.3. The zero-order valence-electron chi connectivity index (χ0n) is 13.5. The number of rotatable bonds is 3. The zero-order valence-corrected chi connectivity index (χ0v) is 13.5. The first-order valence-electron chi connectivity index (χ1n) is 7.74. The molecule has 0 amide bonds. The van der Waals surface area contributed by atoms with Crippen LogP contribution in [0.25, 0.3) is 10.8 Å². The smallest absolute Gasteiger partial charge is 0.348 e. The molecule has 0 spiro atoms. The average Bonchev–Trinajstić information content (AvgIpc) is 2.48. The second-order valence-corrected chi connectivity index (χ2v) is 6.88. The molecule has 0 bridgehead atoms. The number of hydrogen-bond donors (Lipinski definition) is 0. The molecule has 1 aliphatic rings. The zero-order chi connectivity index (χ0) is 16.6. The van der Waals surface area contributed by atoms with Crippen LogP contribution in [0.1, 0.15) is 26.3 Å². The van der Waals surface area contributed by atoms with Crippen molar-refractivity contribution < 1.29 is 19.1 Å². The van der Waals surface area contributed by atoms with Crippen LogP contribution in [-0.2, 0) is 25.5 Å². The van der Waals surface area contributed by atoms with Crippen molar-refractivity contribution in [1.29, 1.82) is 0 Å². The summed E-state index contributed by atoms with van der Waals surface area (Å²) in [6, 6.07) is 14.1. The van der Waals surface area contributed by atoms with Gasteiger partial charge in [-0.15, -0.1) is 0 Å². The summed E-state index contributed by atoms with van der Waals surface area (Å²) in [5, 5.41) is 2.27. The largest absolute Gasteiger partial charge is 0.457 e. The van der Waals surface area contributed by atoms with Gasteiger partial charge in [0.25, 0.3) is 0 Å². The third-order valence-corrected chi connectivity index (χ3v) is 3.82. The third kappa shape index (κ3) is 3.36. The molecule has 3 rings (SSSR count). The number of cyclic esters (lactones) is 1. The highest BCUT2D eigenvalue weighted by molar-refractivity contribution is 5.92. The van der Waals surface area contributed by atoms with Crippen molar-refractivity contribution in [3.8, 4) is 0 Å². The Balaban J connectivity index is 1.74. The molecule has 0 radical (unpaired) electrons. The van der Waals surface area contributed by atoms with Crippen LogP contribution in [0, 0.1) is 5.92 Å². The lowest BCUT2D eigenvalue weighted by molar-refractivity contribution is -0.203. The Bertz CT molecular complexity index is 757. The first kappa shape index (κ1) is 15.5. The average molecular weight is 312 g/mol. The van der Waals surface area contributed by atoms with Crippen LogP contribution in [-0.4, -0.2) is 23.6 Å². The summed E-state index contributed by atoms with van der Waals surface area (Å²) in [5.41, 5.74) is 0.422. The van der Waals surface area contributed by atoms with Gasteiger partial charge < -0.3 is 9.47 Å². The van der Waals surface area contributed by atoms with E-state index in [0.717, 1.165) is 16.3 Å². The molecule has 23 heavy (non-hydrogen) atoms. The minimum atomic E-state index is -0.798.